The number of rotatable bonds is 10. The Morgan fingerprint density at radius 2 is 1.90 bits per heavy atom. The molecule has 0 spiro atoms. The lowest BCUT2D eigenvalue weighted by molar-refractivity contribution is -0.147. The number of hydrogen-bond donors (Lipinski definition) is 2. The summed E-state index contributed by atoms with van der Waals surface area (Å²) in [6.45, 7) is 0.535. The third kappa shape index (κ3) is 6.80. The van der Waals surface area contributed by atoms with Crippen molar-refractivity contribution in [2.75, 3.05) is 0 Å². The molecule has 1 aliphatic carbocycles. The van der Waals surface area contributed by atoms with E-state index in [2.05, 4.69) is 15.2 Å². The molecule has 1 saturated carbocycles. The number of aromatic nitrogens is 3. The number of carboxylic acids is 1. The molecule has 2 heterocycles. The average Bonchev–Trinajstić information content (AvgIpc) is 3.45. The van der Waals surface area contributed by atoms with Crippen LogP contribution in [0.3, 0.4) is 0 Å². The van der Waals surface area contributed by atoms with Gasteiger partial charge in [-0.1, -0.05) is 25.3 Å². The number of benzene rings is 1. The molecule has 0 saturated heterocycles. The second-order valence-electron chi connectivity index (χ2n) is 9.28. The molecule has 4 rings (SSSR count). The zero-order valence-corrected chi connectivity index (χ0v) is 22.3. The van der Waals surface area contributed by atoms with Crippen LogP contribution in [-0.2, 0) is 33.8 Å². The molecule has 9 nitrogen and oxygen atoms in total. The summed E-state index contributed by atoms with van der Waals surface area (Å²) < 4.78 is 113. The van der Waals surface area contributed by atoms with Gasteiger partial charge in [0.05, 0.1) is 27.5 Å². The smallest absolute Gasteiger partial charge is 0.417 e. The lowest BCUT2D eigenvalue weighted by atomic mass is 9.81. The molecular formula is C23H22F6N4O5S2. The highest BCUT2D eigenvalue weighted by Crippen LogP contribution is 2.45. The number of nitrogens with zero attached hydrogens (tertiary/aromatic N) is 3. The standard InChI is InChI=1S/C23H22F6N4O5S2/c1-11(22(24,25)26)33-40(36,37)13-5-6-14(15(10-13)23(27,28)29)19-16(9-12-3-2-4-12)30-21(39-19)20-32-31-17(38-20)7-8-18(34)35/h5-6,10-12,33H,2-4,7-9H2,1H3,(H,34,35). The first-order chi connectivity index (χ1) is 18.5. The highest BCUT2D eigenvalue weighted by atomic mass is 32.2. The number of alkyl halides is 6. The Kier molecular flexibility index (Phi) is 8.29. The van der Waals surface area contributed by atoms with Crippen molar-refractivity contribution in [3.63, 3.8) is 0 Å². The zero-order valence-electron chi connectivity index (χ0n) is 20.6. The zero-order chi connectivity index (χ0) is 29.5. The molecular weight excluding hydrogens is 590 g/mol. The maximum atomic E-state index is 14.2. The summed E-state index contributed by atoms with van der Waals surface area (Å²) in [7, 11) is -4.95. The maximum Gasteiger partial charge on any atom is 0.417 e. The first kappa shape index (κ1) is 29.9. The summed E-state index contributed by atoms with van der Waals surface area (Å²) in [5.41, 5.74) is -1.48. The summed E-state index contributed by atoms with van der Waals surface area (Å²) in [6.07, 6.45) is -7.38. The van der Waals surface area contributed by atoms with Crippen LogP contribution in [-0.4, -0.2) is 46.9 Å². The first-order valence-electron chi connectivity index (χ1n) is 11.9. The van der Waals surface area contributed by atoms with E-state index < -0.39 is 50.4 Å². The SMILES string of the molecule is CC(NS(=O)(=O)c1ccc(-c2sc(-c3nnc(CCC(=O)O)o3)nc2CC2CCC2)c(C(F)(F)F)c1)C(F)(F)F. The number of aryl methyl sites for hydroxylation is 1. The van der Waals surface area contributed by atoms with Crippen molar-refractivity contribution in [1.29, 1.82) is 0 Å². The second kappa shape index (κ2) is 11.1. The van der Waals surface area contributed by atoms with Crippen LogP contribution in [0.4, 0.5) is 26.3 Å². The summed E-state index contributed by atoms with van der Waals surface area (Å²) >= 11 is 0.800. The molecule has 3 aromatic rings. The Labute approximate surface area is 227 Å². The van der Waals surface area contributed by atoms with Gasteiger partial charge in [-0.25, -0.2) is 13.4 Å². The van der Waals surface area contributed by atoms with E-state index in [0.717, 1.165) is 42.7 Å². The van der Waals surface area contributed by atoms with Gasteiger partial charge in [0.15, 0.2) is 5.01 Å². The Hall–Kier alpha value is -3.05. The molecule has 1 aromatic carbocycles. The molecule has 0 bridgehead atoms. The van der Waals surface area contributed by atoms with E-state index in [1.807, 2.05) is 0 Å². The van der Waals surface area contributed by atoms with Crippen molar-refractivity contribution >= 4 is 27.3 Å². The fraction of sp³-hybridized carbons (Fsp3) is 0.478. The summed E-state index contributed by atoms with van der Waals surface area (Å²) in [4.78, 5) is 14.3. The minimum Gasteiger partial charge on any atom is -0.481 e. The predicted octanol–water partition coefficient (Wildman–Crippen LogP) is 5.47. The van der Waals surface area contributed by atoms with Gasteiger partial charge in [0.1, 0.15) is 6.04 Å². The van der Waals surface area contributed by atoms with Crippen LogP contribution in [0.25, 0.3) is 21.3 Å². The molecule has 1 unspecified atom stereocenters. The van der Waals surface area contributed by atoms with Crippen molar-refractivity contribution in [2.24, 2.45) is 5.92 Å². The molecule has 0 radical (unpaired) electrons. The summed E-state index contributed by atoms with van der Waals surface area (Å²) in [5, 5.41) is 16.5. The van der Waals surface area contributed by atoms with E-state index in [4.69, 9.17) is 9.52 Å². The molecule has 0 amide bonds. The molecule has 218 valence electrons. The number of aliphatic carboxylic acids is 1. The lowest BCUT2D eigenvalue weighted by Crippen LogP contribution is -2.43. The van der Waals surface area contributed by atoms with Gasteiger partial charge >= 0.3 is 18.3 Å². The van der Waals surface area contributed by atoms with Gasteiger partial charge in [-0.3, -0.25) is 4.79 Å². The van der Waals surface area contributed by atoms with Gasteiger partial charge in [-0.05, 0) is 31.4 Å². The highest BCUT2D eigenvalue weighted by molar-refractivity contribution is 7.89. The Balaban J connectivity index is 1.77. The third-order valence-electron chi connectivity index (χ3n) is 6.28. The van der Waals surface area contributed by atoms with E-state index in [9.17, 15) is 39.6 Å². The van der Waals surface area contributed by atoms with Crippen molar-refractivity contribution < 1.29 is 49.1 Å². The first-order valence-corrected chi connectivity index (χ1v) is 14.2. The van der Waals surface area contributed by atoms with Gasteiger partial charge < -0.3 is 9.52 Å². The van der Waals surface area contributed by atoms with Crippen molar-refractivity contribution in [1.82, 2.24) is 19.9 Å². The number of halogens is 6. The van der Waals surface area contributed by atoms with Crippen molar-refractivity contribution in [3.05, 3.63) is 35.3 Å². The van der Waals surface area contributed by atoms with Gasteiger partial charge in [0.2, 0.25) is 15.9 Å². The van der Waals surface area contributed by atoms with E-state index in [0.29, 0.717) is 25.1 Å². The largest absolute Gasteiger partial charge is 0.481 e. The summed E-state index contributed by atoms with van der Waals surface area (Å²) in [5.74, 6) is -1.04. The third-order valence-corrected chi connectivity index (χ3v) is 8.94. The van der Waals surface area contributed by atoms with Crippen molar-refractivity contribution in [2.45, 2.75) is 68.7 Å². The van der Waals surface area contributed by atoms with Gasteiger partial charge in [-0.15, -0.1) is 21.5 Å². The summed E-state index contributed by atoms with van der Waals surface area (Å²) in [6, 6.07) is -0.536. The highest BCUT2D eigenvalue weighted by Gasteiger charge is 2.40. The van der Waals surface area contributed by atoms with Crippen LogP contribution >= 0.6 is 11.3 Å². The number of hydrogen-bond acceptors (Lipinski definition) is 8. The molecule has 2 N–H and O–H groups in total. The van der Waals surface area contributed by atoms with Gasteiger partial charge in [-0.2, -0.15) is 31.1 Å². The van der Waals surface area contributed by atoms with E-state index in [-0.39, 0.29) is 40.4 Å². The molecule has 0 aliphatic heterocycles. The van der Waals surface area contributed by atoms with Crippen LogP contribution in [0.15, 0.2) is 27.5 Å². The molecule has 17 heteroatoms. The molecule has 1 aliphatic rings. The molecule has 40 heavy (non-hydrogen) atoms. The maximum absolute atomic E-state index is 14.2. The molecule has 2 aromatic heterocycles. The topological polar surface area (TPSA) is 135 Å². The minimum absolute atomic E-state index is 0.000758. The Morgan fingerprint density at radius 1 is 1.20 bits per heavy atom. The monoisotopic (exact) mass is 612 g/mol. The number of carboxylic acid groups (broad SMARTS) is 1. The normalized spacial score (nSPS) is 15.7. The average molecular weight is 613 g/mol. The number of nitrogens with one attached hydrogen (secondary N) is 1. The minimum atomic E-state index is -5.07. The van der Waals surface area contributed by atoms with Crippen LogP contribution in [0.1, 0.15) is 49.8 Å². The molecule has 1 fully saturated rings. The van der Waals surface area contributed by atoms with E-state index >= 15 is 0 Å². The van der Waals surface area contributed by atoms with E-state index in [1.165, 1.54) is 4.72 Å². The fourth-order valence-corrected chi connectivity index (χ4v) is 6.22. The quantitative estimate of drug-likeness (QED) is 0.288. The lowest BCUT2D eigenvalue weighted by Gasteiger charge is -2.25. The molecule has 1 atom stereocenters. The van der Waals surface area contributed by atoms with Gasteiger partial charge in [0, 0.05) is 12.0 Å². The predicted molar refractivity (Wildman–Crippen MR) is 129 cm³/mol. The van der Waals surface area contributed by atoms with E-state index in [1.54, 1.807) is 0 Å². The van der Waals surface area contributed by atoms with Crippen molar-refractivity contribution in [3.8, 4) is 21.3 Å². The Morgan fingerprint density at radius 3 is 2.48 bits per heavy atom. The van der Waals surface area contributed by atoms with Crippen LogP contribution in [0, 0.1) is 5.92 Å². The van der Waals surface area contributed by atoms with Crippen LogP contribution in [0.5, 0.6) is 0 Å². The van der Waals surface area contributed by atoms with Crippen LogP contribution < -0.4 is 4.72 Å². The number of thiazole rings is 1. The Bertz CT molecular complexity index is 1500. The number of carbonyl (C=O) groups is 1. The van der Waals surface area contributed by atoms with Crippen LogP contribution in [0.2, 0.25) is 0 Å². The second-order valence-corrected chi connectivity index (χ2v) is 12.0. The van der Waals surface area contributed by atoms with Gasteiger partial charge in [0.25, 0.3) is 5.89 Å². The number of sulfonamides is 1. The fourth-order valence-electron chi connectivity index (χ4n) is 3.91.